The third-order valence-electron chi connectivity index (χ3n) is 2.21. The topological polar surface area (TPSA) is 59.7 Å². The van der Waals surface area contributed by atoms with Crippen LogP contribution in [0, 0.1) is 0 Å². The Morgan fingerprint density at radius 1 is 1.40 bits per heavy atom. The first-order chi connectivity index (χ1) is 7.31. The van der Waals surface area contributed by atoms with Gasteiger partial charge in [-0.15, -0.1) is 10.2 Å². The molecule has 5 heteroatoms. The van der Waals surface area contributed by atoms with Gasteiger partial charge in [0.05, 0.1) is 6.20 Å². The van der Waals surface area contributed by atoms with Crippen molar-refractivity contribution < 1.29 is 9.84 Å². The van der Waals surface area contributed by atoms with Gasteiger partial charge in [0.2, 0.25) is 0 Å². The largest absolute Gasteiger partial charge is 0.506 e. The monoisotopic (exact) mass is 207 g/mol. The highest BCUT2D eigenvalue weighted by molar-refractivity contribution is 5.40. The molecular weight excluding hydrogens is 194 g/mol. The van der Waals surface area contributed by atoms with Crippen LogP contribution in [-0.2, 0) is 11.2 Å². The van der Waals surface area contributed by atoms with E-state index in [0.717, 1.165) is 24.3 Å². The van der Waals surface area contributed by atoms with Crippen LogP contribution in [0.2, 0.25) is 0 Å². The molecule has 0 aliphatic rings. The molecule has 0 saturated heterocycles. The number of methoxy groups -OCH3 is 1. The molecule has 0 amide bonds. The van der Waals surface area contributed by atoms with Crippen LogP contribution in [0.25, 0.3) is 5.65 Å². The van der Waals surface area contributed by atoms with E-state index in [1.165, 1.54) is 0 Å². The summed E-state index contributed by atoms with van der Waals surface area (Å²) in [7, 11) is 1.67. The summed E-state index contributed by atoms with van der Waals surface area (Å²) in [5.41, 5.74) is 0.750. The molecule has 1 N–H and O–H groups in total. The van der Waals surface area contributed by atoms with Gasteiger partial charge in [0.25, 0.3) is 0 Å². The molecule has 80 valence electrons. The second kappa shape index (κ2) is 4.27. The fourth-order valence-electron chi connectivity index (χ4n) is 1.47. The molecular formula is C10H13N3O2. The number of fused-ring (bicyclic) bond motifs is 1. The molecule has 2 aromatic rings. The molecule has 0 aliphatic carbocycles. The van der Waals surface area contributed by atoms with E-state index in [1.54, 1.807) is 29.8 Å². The average Bonchev–Trinajstić information content (AvgIpc) is 2.62. The molecule has 0 bridgehead atoms. The normalized spacial score (nSPS) is 11.0. The summed E-state index contributed by atoms with van der Waals surface area (Å²) < 4.78 is 6.77. The number of aromatic nitrogens is 3. The van der Waals surface area contributed by atoms with Gasteiger partial charge in [-0.1, -0.05) is 0 Å². The summed E-state index contributed by atoms with van der Waals surface area (Å²) in [4.78, 5) is 0. The molecule has 0 saturated carbocycles. The Morgan fingerprint density at radius 3 is 3.07 bits per heavy atom. The maximum Gasteiger partial charge on any atom is 0.161 e. The standard InChI is InChI=1S/C10H13N3O2/c1-15-6-2-3-9-11-12-10-5-4-8(14)7-13(9)10/h4-5,7,14H,2-3,6H2,1H3. The van der Waals surface area contributed by atoms with Crippen LogP contribution in [-0.4, -0.2) is 33.4 Å². The van der Waals surface area contributed by atoms with E-state index in [1.807, 2.05) is 0 Å². The van der Waals surface area contributed by atoms with Crippen molar-refractivity contribution in [1.29, 1.82) is 0 Å². The van der Waals surface area contributed by atoms with Crippen molar-refractivity contribution in [2.45, 2.75) is 12.8 Å². The van der Waals surface area contributed by atoms with Crippen molar-refractivity contribution in [1.82, 2.24) is 14.6 Å². The number of aromatic hydroxyl groups is 1. The van der Waals surface area contributed by atoms with Crippen LogP contribution in [0.15, 0.2) is 18.3 Å². The first kappa shape index (κ1) is 9.92. The van der Waals surface area contributed by atoms with Gasteiger partial charge in [0.15, 0.2) is 5.65 Å². The molecule has 0 aromatic carbocycles. The number of aryl methyl sites for hydroxylation is 1. The maximum absolute atomic E-state index is 9.34. The maximum atomic E-state index is 9.34. The smallest absolute Gasteiger partial charge is 0.161 e. The third kappa shape index (κ3) is 2.07. The zero-order valence-electron chi connectivity index (χ0n) is 8.55. The molecule has 0 aliphatic heterocycles. The van der Waals surface area contributed by atoms with Gasteiger partial charge in [-0.2, -0.15) is 0 Å². The highest BCUT2D eigenvalue weighted by atomic mass is 16.5. The summed E-state index contributed by atoms with van der Waals surface area (Å²) >= 11 is 0. The predicted octanol–water partition coefficient (Wildman–Crippen LogP) is 1.01. The molecule has 2 aromatic heterocycles. The van der Waals surface area contributed by atoms with Crippen LogP contribution in [0.1, 0.15) is 12.2 Å². The van der Waals surface area contributed by atoms with Crippen LogP contribution >= 0.6 is 0 Å². The molecule has 2 heterocycles. The Labute approximate surface area is 87.3 Å². The summed E-state index contributed by atoms with van der Waals surface area (Å²) in [6.45, 7) is 0.702. The molecule has 0 unspecified atom stereocenters. The van der Waals surface area contributed by atoms with Crippen molar-refractivity contribution in [2.75, 3.05) is 13.7 Å². The van der Waals surface area contributed by atoms with E-state index in [9.17, 15) is 5.11 Å². The van der Waals surface area contributed by atoms with Crippen molar-refractivity contribution >= 4 is 5.65 Å². The molecule has 2 rings (SSSR count). The summed E-state index contributed by atoms with van der Waals surface area (Å²) in [5.74, 6) is 1.06. The van der Waals surface area contributed by atoms with Crippen molar-refractivity contribution in [3.05, 3.63) is 24.2 Å². The fraction of sp³-hybridized carbons (Fsp3) is 0.400. The number of pyridine rings is 1. The minimum Gasteiger partial charge on any atom is -0.506 e. The molecule has 0 spiro atoms. The number of ether oxygens (including phenoxy) is 1. The Balaban J connectivity index is 2.23. The molecule has 0 radical (unpaired) electrons. The molecule has 5 nitrogen and oxygen atoms in total. The fourth-order valence-corrected chi connectivity index (χ4v) is 1.47. The van der Waals surface area contributed by atoms with E-state index in [2.05, 4.69) is 10.2 Å². The van der Waals surface area contributed by atoms with E-state index in [0.29, 0.717) is 6.61 Å². The predicted molar refractivity (Wildman–Crippen MR) is 54.8 cm³/mol. The summed E-state index contributed by atoms with van der Waals surface area (Å²) in [5, 5.41) is 17.4. The minimum atomic E-state index is 0.218. The van der Waals surface area contributed by atoms with Gasteiger partial charge in [0, 0.05) is 20.1 Å². The lowest BCUT2D eigenvalue weighted by atomic mass is 10.3. The number of rotatable bonds is 4. The van der Waals surface area contributed by atoms with Gasteiger partial charge >= 0.3 is 0 Å². The van der Waals surface area contributed by atoms with Gasteiger partial charge < -0.3 is 9.84 Å². The average molecular weight is 207 g/mol. The van der Waals surface area contributed by atoms with Gasteiger partial charge in [0.1, 0.15) is 11.6 Å². The zero-order chi connectivity index (χ0) is 10.7. The first-order valence-corrected chi connectivity index (χ1v) is 4.83. The highest BCUT2D eigenvalue weighted by Crippen LogP contribution is 2.12. The lowest BCUT2D eigenvalue weighted by Gasteiger charge is -1.99. The van der Waals surface area contributed by atoms with Crippen LogP contribution < -0.4 is 0 Å². The van der Waals surface area contributed by atoms with Crippen LogP contribution in [0.5, 0.6) is 5.75 Å². The Bertz CT molecular complexity index is 453. The van der Waals surface area contributed by atoms with E-state index >= 15 is 0 Å². The Hall–Kier alpha value is -1.62. The minimum absolute atomic E-state index is 0.218. The molecule has 0 fully saturated rings. The Morgan fingerprint density at radius 2 is 2.27 bits per heavy atom. The zero-order valence-corrected chi connectivity index (χ0v) is 8.55. The van der Waals surface area contributed by atoms with Gasteiger partial charge in [-0.3, -0.25) is 4.40 Å². The summed E-state index contributed by atoms with van der Waals surface area (Å²) in [6, 6.07) is 3.34. The summed E-state index contributed by atoms with van der Waals surface area (Å²) in [6.07, 6.45) is 3.31. The third-order valence-corrected chi connectivity index (χ3v) is 2.21. The quantitative estimate of drug-likeness (QED) is 0.760. The lowest BCUT2D eigenvalue weighted by Crippen LogP contribution is -1.98. The number of hydrogen-bond acceptors (Lipinski definition) is 4. The van der Waals surface area contributed by atoms with Crippen molar-refractivity contribution in [3.8, 4) is 5.75 Å². The van der Waals surface area contributed by atoms with Gasteiger partial charge in [-0.25, -0.2) is 0 Å². The second-order valence-corrected chi connectivity index (χ2v) is 3.33. The van der Waals surface area contributed by atoms with E-state index < -0.39 is 0 Å². The van der Waals surface area contributed by atoms with E-state index in [-0.39, 0.29) is 5.75 Å². The highest BCUT2D eigenvalue weighted by Gasteiger charge is 2.05. The number of hydrogen-bond donors (Lipinski definition) is 1. The van der Waals surface area contributed by atoms with E-state index in [4.69, 9.17) is 4.74 Å². The SMILES string of the molecule is COCCCc1nnc2ccc(O)cn12. The van der Waals surface area contributed by atoms with Gasteiger partial charge in [-0.05, 0) is 18.6 Å². The lowest BCUT2D eigenvalue weighted by molar-refractivity contribution is 0.194. The Kier molecular flexibility index (Phi) is 2.82. The van der Waals surface area contributed by atoms with Crippen LogP contribution in [0.4, 0.5) is 0 Å². The second-order valence-electron chi connectivity index (χ2n) is 3.33. The molecule has 0 atom stereocenters. The van der Waals surface area contributed by atoms with Crippen molar-refractivity contribution in [2.24, 2.45) is 0 Å². The molecule has 15 heavy (non-hydrogen) atoms. The first-order valence-electron chi connectivity index (χ1n) is 4.83. The number of nitrogens with zero attached hydrogens (tertiary/aromatic N) is 3. The van der Waals surface area contributed by atoms with Crippen molar-refractivity contribution in [3.63, 3.8) is 0 Å². The van der Waals surface area contributed by atoms with Crippen LogP contribution in [0.3, 0.4) is 0 Å².